The van der Waals surface area contributed by atoms with Crippen LogP contribution in [-0.4, -0.2) is 84.1 Å². The molecule has 2 aliphatic rings. The van der Waals surface area contributed by atoms with Crippen LogP contribution in [0.5, 0.6) is 0 Å². The number of hydrogen-bond acceptors (Lipinski definition) is 5. The molecule has 2 rings (SSSR count). The standard InChI is InChI=1S/C19H39N5O3S/c1-3-20-19(21-10-15-28(25,26)22-16-17-6-4-7-17)23-18-8-12-24(13-9-18)11-5-14-27-2/h17-18,22H,3-16H2,1-2H3,(H2,20,21,23). The average Bonchev–Trinajstić information content (AvgIpc) is 2.62. The molecule has 1 aliphatic carbocycles. The van der Waals surface area contributed by atoms with Crippen molar-refractivity contribution in [3.05, 3.63) is 0 Å². The van der Waals surface area contributed by atoms with Crippen LogP contribution in [0.1, 0.15) is 45.4 Å². The van der Waals surface area contributed by atoms with E-state index in [1.54, 1.807) is 7.11 Å². The smallest absolute Gasteiger partial charge is 0.213 e. The lowest BCUT2D eigenvalue weighted by atomic mass is 9.86. The summed E-state index contributed by atoms with van der Waals surface area (Å²) in [6.07, 6.45) is 6.71. The maximum atomic E-state index is 12.1. The zero-order valence-electron chi connectivity index (χ0n) is 17.6. The Morgan fingerprint density at radius 2 is 1.96 bits per heavy atom. The fraction of sp³-hybridized carbons (Fsp3) is 0.947. The first-order chi connectivity index (χ1) is 13.5. The molecule has 1 saturated carbocycles. The number of hydrogen-bond donors (Lipinski definition) is 3. The Bertz CT molecular complexity index is 558. The lowest BCUT2D eigenvalue weighted by molar-refractivity contribution is 0.155. The van der Waals surface area contributed by atoms with Crippen molar-refractivity contribution in [1.29, 1.82) is 0 Å². The van der Waals surface area contributed by atoms with Crippen molar-refractivity contribution in [2.45, 2.75) is 51.5 Å². The molecule has 0 atom stereocenters. The highest BCUT2D eigenvalue weighted by atomic mass is 32.2. The van der Waals surface area contributed by atoms with Crippen molar-refractivity contribution in [2.24, 2.45) is 10.9 Å². The molecule has 2 fully saturated rings. The summed E-state index contributed by atoms with van der Waals surface area (Å²) in [6.45, 7) is 7.66. The van der Waals surface area contributed by atoms with Gasteiger partial charge in [-0.05, 0) is 44.9 Å². The van der Waals surface area contributed by atoms with Crippen molar-refractivity contribution < 1.29 is 13.2 Å². The normalized spacial score (nSPS) is 20.1. The molecule has 0 spiro atoms. The molecular formula is C19H39N5O3S. The number of rotatable bonds is 12. The fourth-order valence-electron chi connectivity index (χ4n) is 3.54. The van der Waals surface area contributed by atoms with E-state index in [-0.39, 0.29) is 12.3 Å². The number of likely N-dealkylation sites (tertiary alicyclic amines) is 1. The zero-order chi connectivity index (χ0) is 20.2. The molecule has 0 radical (unpaired) electrons. The summed E-state index contributed by atoms with van der Waals surface area (Å²) in [5.41, 5.74) is 0. The Labute approximate surface area is 170 Å². The quantitative estimate of drug-likeness (QED) is 0.247. The molecule has 0 amide bonds. The molecule has 164 valence electrons. The molecule has 1 heterocycles. The van der Waals surface area contributed by atoms with Crippen LogP contribution >= 0.6 is 0 Å². The monoisotopic (exact) mass is 417 g/mol. The summed E-state index contributed by atoms with van der Waals surface area (Å²) in [5.74, 6) is 1.28. The number of sulfonamides is 1. The molecule has 3 N–H and O–H groups in total. The SMILES string of the molecule is CCNC(=NCCS(=O)(=O)NCC1CCC1)NC1CCN(CCCOC)CC1. The van der Waals surface area contributed by atoms with Crippen molar-refractivity contribution in [2.75, 3.05) is 58.7 Å². The average molecular weight is 418 g/mol. The van der Waals surface area contributed by atoms with E-state index in [1.165, 1.54) is 6.42 Å². The highest BCUT2D eigenvalue weighted by molar-refractivity contribution is 7.89. The first-order valence-corrected chi connectivity index (χ1v) is 12.4. The van der Waals surface area contributed by atoms with E-state index in [2.05, 4.69) is 25.2 Å². The topological polar surface area (TPSA) is 95.1 Å². The first-order valence-electron chi connectivity index (χ1n) is 10.8. The lowest BCUT2D eigenvalue weighted by Gasteiger charge is -2.33. The van der Waals surface area contributed by atoms with E-state index >= 15 is 0 Å². The van der Waals surface area contributed by atoms with E-state index in [4.69, 9.17) is 4.74 Å². The maximum absolute atomic E-state index is 12.1. The van der Waals surface area contributed by atoms with Crippen molar-refractivity contribution in [1.82, 2.24) is 20.3 Å². The molecule has 28 heavy (non-hydrogen) atoms. The van der Waals surface area contributed by atoms with Gasteiger partial charge in [0, 0.05) is 52.5 Å². The van der Waals surface area contributed by atoms with E-state index < -0.39 is 10.0 Å². The summed E-state index contributed by atoms with van der Waals surface area (Å²) < 4.78 is 32.1. The van der Waals surface area contributed by atoms with Gasteiger partial charge < -0.3 is 20.3 Å². The molecule has 9 heteroatoms. The Balaban J connectivity index is 1.69. The van der Waals surface area contributed by atoms with Gasteiger partial charge in [-0.2, -0.15) is 0 Å². The molecular weight excluding hydrogens is 378 g/mol. The van der Waals surface area contributed by atoms with Gasteiger partial charge in [-0.1, -0.05) is 6.42 Å². The summed E-state index contributed by atoms with van der Waals surface area (Å²) in [4.78, 5) is 6.95. The number of nitrogens with zero attached hydrogens (tertiary/aromatic N) is 2. The third-order valence-electron chi connectivity index (χ3n) is 5.54. The maximum Gasteiger partial charge on any atom is 0.213 e. The number of nitrogens with one attached hydrogen (secondary N) is 3. The minimum Gasteiger partial charge on any atom is -0.385 e. The Morgan fingerprint density at radius 3 is 2.57 bits per heavy atom. The lowest BCUT2D eigenvalue weighted by Crippen LogP contribution is -2.49. The van der Waals surface area contributed by atoms with Crippen LogP contribution in [0.4, 0.5) is 0 Å². The van der Waals surface area contributed by atoms with Gasteiger partial charge in [-0.25, -0.2) is 13.1 Å². The second-order valence-electron chi connectivity index (χ2n) is 7.83. The van der Waals surface area contributed by atoms with Gasteiger partial charge in [0.2, 0.25) is 10.0 Å². The van der Waals surface area contributed by atoms with Crippen LogP contribution in [0.3, 0.4) is 0 Å². The van der Waals surface area contributed by atoms with Crippen LogP contribution in [0.2, 0.25) is 0 Å². The second-order valence-corrected chi connectivity index (χ2v) is 9.76. The number of methoxy groups -OCH3 is 1. The Morgan fingerprint density at radius 1 is 1.21 bits per heavy atom. The van der Waals surface area contributed by atoms with Gasteiger partial charge in [-0.15, -0.1) is 0 Å². The van der Waals surface area contributed by atoms with Crippen LogP contribution in [-0.2, 0) is 14.8 Å². The molecule has 0 unspecified atom stereocenters. The summed E-state index contributed by atoms with van der Waals surface area (Å²) in [6, 6.07) is 0.379. The third-order valence-corrected chi connectivity index (χ3v) is 6.87. The summed E-state index contributed by atoms with van der Waals surface area (Å²) in [5, 5.41) is 6.70. The number of aliphatic imine (C=N–C) groups is 1. The van der Waals surface area contributed by atoms with Crippen LogP contribution in [0.15, 0.2) is 4.99 Å². The van der Waals surface area contributed by atoms with Crippen molar-refractivity contribution >= 4 is 16.0 Å². The predicted octanol–water partition coefficient (Wildman–Crippen LogP) is 0.762. The Hall–Kier alpha value is -0.900. The first kappa shape index (κ1) is 23.4. The van der Waals surface area contributed by atoms with Crippen molar-refractivity contribution in [3.8, 4) is 0 Å². The van der Waals surface area contributed by atoms with Gasteiger partial charge in [0.15, 0.2) is 5.96 Å². The fourth-order valence-corrected chi connectivity index (χ4v) is 4.50. The van der Waals surface area contributed by atoms with E-state index in [0.717, 1.165) is 70.8 Å². The minimum absolute atomic E-state index is 0.0360. The molecule has 0 aromatic rings. The van der Waals surface area contributed by atoms with Crippen molar-refractivity contribution in [3.63, 3.8) is 0 Å². The van der Waals surface area contributed by atoms with Crippen LogP contribution in [0.25, 0.3) is 0 Å². The minimum atomic E-state index is -3.24. The second kappa shape index (κ2) is 12.6. The summed E-state index contributed by atoms with van der Waals surface area (Å²) in [7, 11) is -1.50. The molecule has 1 aliphatic heterocycles. The molecule has 8 nitrogen and oxygen atoms in total. The van der Waals surface area contributed by atoms with E-state index in [9.17, 15) is 8.42 Å². The largest absolute Gasteiger partial charge is 0.385 e. The predicted molar refractivity (Wildman–Crippen MR) is 114 cm³/mol. The molecule has 0 aromatic heterocycles. The van der Waals surface area contributed by atoms with E-state index in [0.29, 0.717) is 18.5 Å². The molecule has 0 aromatic carbocycles. The number of ether oxygens (including phenoxy) is 1. The molecule has 1 saturated heterocycles. The van der Waals surface area contributed by atoms with E-state index in [1.807, 2.05) is 6.92 Å². The summed E-state index contributed by atoms with van der Waals surface area (Å²) >= 11 is 0. The highest BCUT2D eigenvalue weighted by Gasteiger charge is 2.21. The number of guanidine groups is 1. The van der Waals surface area contributed by atoms with Gasteiger partial charge in [0.25, 0.3) is 0 Å². The van der Waals surface area contributed by atoms with Gasteiger partial charge >= 0.3 is 0 Å². The third kappa shape index (κ3) is 9.07. The van der Waals surface area contributed by atoms with Crippen LogP contribution in [0, 0.1) is 5.92 Å². The zero-order valence-corrected chi connectivity index (χ0v) is 18.4. The van der Waals surface area contributed by atoms with Gasteiger partial charge in [-0.3, -0.25) is 4.99 Å². The van der Waals surface area contributed by atoms with Crippen LogP contribution < -0.4 is 15.4 Å². The van der Waals surface area contributed by atoms with Gasteiger partial charge in [0.05, 0.1) is 12.3 Å². The molecule has 0 bridgehead atoms. The van der Waals surface area contributed by atoms with Gasteiger partial charge in [0.1, 0.15) is 0 Å². The number of piperidine rings is 1. The highest BCUT2D eigenvalue weighted by Crippen LogP contribution is 2.25. The Kier molecular flexibility index (Phi) is 10.5.